The standard InChI is InChI=1S/C19H18F3N3O2S/c1-12(28(26,27)23-2)8-15-9-14(10-18-17(15)11-24-25(18)3)13-4-6-16(7-5-13)19(20,21)22/h4-7,9-11,23H,1,8H2,2-3H3. The van der Waals surface area contributed by atoms with Gasteiger partial charge in [-0.1, -0.05) is 18.7 Å². The lowest BCUT2D eigenvalue weighted by Gasteiger charge is -2.12. The maximum absolute atomic E-state index is 12.8. The zero-order chi connectivity index (χ0) is 20.7. The molecule has 0 radical (unpaired) electrons. The summed E-state index contributed by atoms with van der Waals surface area (Å²) in [4.78, 5) is -0.00952. The van der Waals surface area contributed by atoms with Gasteiger partial charge in [0.15, 0.2) is 0 Å². The molecule has 28 heavy (non-hydrogen) atoms. The second kappa shape index (κ2) is 7.06. The Hall–Kier alpha value is -2.65. The van der Waals surface area contributed by atoms with Crippen LogP contribution in [0.5, 0.6) is 0 Å². The van der Waals surface area contributed by atoms with Crippen molar-refractivity contribution in [1.82, 2.24) is 14.5 Å². The van der Waals surface area contributed by atoms with Gasteiger partial charge in [-0.25, -0.2) is 13.1 Å². The summed E-state index contributed by atoms with van der Waals surface area (Å²) in [5.74, 6) is 0. The molecule has 0 saturated heterocycles. The number of halogens is 3. The van der Waals surface area contributed by atoms with Gasteiger partial charge in [0.2, 0.25) is 10.0 Å². The third kappa shape index (κ3) is 3.81. The highest BCUT2D eigenvalue weighted by atomic mass is 32.2. The van der Waals surface area contributed by atoms with Crippen molar-refractivity contribution in [3.8, 4) is 11.1 Å². The minimum Gasteiger partial charge on any atom is -0.268 e. The first-order chi connectivity index (χ1) is 13.0. The molecular formula is C19H18F3N3O2S. The molecule has 0 aliphatic carbocycles. The predicted octanol–water partition coefficient (Wildman–Crippen LogP) is 3.86. The number of rotatable bonds is 5. The van der Waals surface area contributed by atoms with Crippen molar-refractivity contribution < 1.29 is 21.6 Å². The number of hydrogen-bond donors (Lipinski definition) is 1. The molecular weight excluding hydrogens is 391 g/mol. The van der Waals surface area contributed by atoms with E-state index in [1.165, 1.54) is 19.2 Å². The Balaban J connectivity index is 2.10. The highest BCUT2D eigenvalue weighted by Crippen LogP contribution is 2.33. The minimum absolute atomic E-state index is 0.00952. The Morgan fingerprint density at radius 1 is 1.18 bits per heavy atom. The highest BCUT2D eigenvalue weighted by molar-refractivity contribution is 7.93. The predicted molar refractivity (Wildman–Crippen MR) is 102 cm³/mol. The van der Waals surface area contributed by atoms with Gasteiger partial charge in [0.25, 0.3) is 0 Å². The number of sulfonamides is 1. The molecule has 0 unspecified atom stereocenters. The smallest absolute Gasteiger partial charge is 0.268 e. The number of aromatic nitrogens is 2. The number of fused-ring (bicyclic) bond motifs is 1. The monoisotopic (exact) mass is 409 g/mol. The zero-order valence-electron chi connectivity index (χ0n) is 15.2. The summed E-state index contributed by atoms with van der Waals surface area (Å²) >= 11 is 0. The number of benzene rings is 2. The van der Waals surface area contributed by atoms with E-state index in [1.54, 1.807) is 24.0 Å². The number of aryl methyl sites for hydroxylation is 1. The lowest BCUT2D eigenvalue weighted by atomic mass is 9.98. The van der Waals surface area contributed by atoms with Crippen LogP contribution in [-0.4, -0.2) is 25.2 Å². The van der Waals surface area contributed by atoms with Crippen LogP contribution in [0.4, 0.5) is 13.2 Å². The molecule has 9 heteroatoms. The summed E-state index contributed by atoms with van der Waals surface area (Å²) in [6, 6.07) is 8.39. The minimum atomic E-state index is -4.41. The Kier molecular flexibility index (Phi) is 5.07. The molecule has 2 aromatic carbocycles. The van der Waals surface area contributed by atoms with Crippen molar-refractivity contribution >= 4 is 20.9 Å². The molecule has 1 aromatic heterocycles. The van der Waals surface area contributed by atoms with Gasteiger partial charge < -0.3 is 0 Å². The van der Waals surface area contributed by atoms with Gasteiger partial charge >= 0.3 is 6.18 Å². The van der Waals surface area contributed by atoms with E-state index in [9.17, 15) is 21.6 Å². The molecule has 148 valence electrons. The van der Waals surface area contributed by atoms with E-state index in [-0.39, 0.29) is 11.3 Å². The normalized spacial score (nSPS) is 12.5. The van der Waals surface area contributed by atoms with E-state index in [2.05, 4.69) is 16.4 Å². The average Bonchev–Trinajstić information content (AvgIpc) is 3.02. The van der Waals surface area contributed by atoms with Crippen LogP contribution in [0.2, 0.25) is 0 Å². The van der Waals surface area contributed by atoms with Crippen molar-refractivity contribution in [2.75, 3.05) is 7.05 Å². The fourth-order valence-corrected chi connectivity index (χ4v) is 3.57. The van der Waals surface area contributed by atoms with Crippen LogP contribution in [0.3, 0.4) is 0 Å². The number of hydrogen-bond acceptors (Lipinski definition) is 3. The van der Waals surface area contributed by atoms with Crippen LogP contribution in [0, 0.1) is 0 Å². The Bertz CT molecular complexity index is 1150. The van der Waals surface area contributed by atoms with Crippen molar-refractivity contribution in [3.05, 3.63) is 65.2 Å². The Morgan fingerprint density at radius 2 is 1.82 bits per heavy atom. The van der Waals surface area contributed by atoms with Crippen LogP contribution in [0.1, 0.15) is 11.1 Å². The Morgan fingerprint density at radius 3 is 2.39 bits per heavy atom. The molecule has 0 saturated carbocycles. The van der Waals surface area contributed by atoms with Gasteiger partial charge in [-0.2, -0.15) is 18.3 Å². The number of nitrogens with zero attached hydrogens (tertiary/aromatic N) is 2. The maximum atomic E-state index is 12.8. The van der Waals surface area contributed by atoms with E-state index in [0.717, 1.165) is 23.0 Å². The van der Waals surface area contributed by atoms with Crippen LogP contribution < -0.4 is 4.72 Å². The molecule has 1 heterocycles. The summed E-state index contributed by atoms with van der Waals surface area (Å²) in [5, 5.41) is 4.96. The SMILES string of the molecule is C=C(Cc1cc(-c2ccc(C(F)(F)F)cc2)cc2c1cnn2C)S(=O)(=O)NC. The fraction of sp³-hybridized carbons (Fsp3) is 0.211. The van der Waals surface area contributed by atoms with Crippen molar-refractivity contribution in [2.24, 2.45) is 7.05 Å². The van der Waals surface area contributed by atoms with Crippen molar-refractivity contribution in [1.29, 1.82) is 0 Å². The molecule has 0 atom stereocenters. The first-order valence-electron chi connectivity index (χ1n) is 8.26. The fourth-order valence-electron chi connectivity index (χ4n) is 2.94. The topological polar surface area (TPSA) is 64.0 Å². The largest absolute Gasteiger partial charge is 0.416 e. The maximum Gasteiger partial charge on any atom is 0.416 e. The van der Waals surface area contributed by atoms with Gasteiger partial charge in [-0.05, 0) is 48.0 Å². The van der Waals surface area contributed by atoms with Crippen LogP contribution in [-0.2, 0) is 29.7 Å². The van der Waals surface area contributed by atoms with Crippen LogP contribution >= 0.6 is 0 Å². The number of alkyl halides is 3. The summed E-state index contributed by atoms with van der Waals surface area (Å²) < 4.78 is 66.3. The van der Waals surface area contributed by atoms with E-state index < -0.39 is 21.8 Å². The van der Waals surface area contributed by atoms with Gasteiger partial charge in [0.05, 0.1) is 22.2 Å². The van der Waals surface area contributed by atoms with E-state index in [4.69, 9.17) is 0 Å². The molecule has 1 N–H and O–H groups in total. The molecule has 0 fully saturated rings. The average molecular weight is 409 g/mol. The lowest BCUT2D eigenvalue weighted by Crippen LogP contribution is -2.21. The molecule has 0 aliphatic rings. The molecule has 0 amide bonds. The summed E-state index contributed by atoms with van der Waals surface area (Å²) in [6.45, 7) is 3.64. The highest BCUT2D eigenvalue weighted by Gasteiger charge is 2.30. The van der Waals surface area contributed by atoms with Gasteiger partial charge in [0.1, 0.15) is 0 Å². The third-order valence-corrected chi connectivity index (χ3v) is 5.98. The molecule has 5 nitrogen and oxygen atoms in total. The van der Waals surface area contributed by atoms with E-state index >= 15 is 0 Å². The Labute approximate surface area is 160 Å². The molecule has 3 aromatic rings. The first-order valence-corrected chi connectivity index (χ1v) is 9.75. The second-order valence-corrected chi connectivity index (χ2v) is 8.33. The number of allylic oxidation sites excluding steroid dienone is 1. The molecule has 0 spiro atoms. The summed E-state index contributed by atoms with van der Waals surface area (Å²) in [6.07, 6.45) is -2.73. The summed E-state index contributed by atoms with van der Waals surface area (Å²) in [5.41, 5.74) is 1.92. The molecule has 3 rings (SSSR count). The van der Waals surface area contributed by atoms with E-state index in [0.29, 0.717) is 16.7 Å². The van der Waals surface area contributed by atoms with Crippen molar-refractivity contribution in [3.63, 3.8) is 0 Å². The third-order valence-electron chi connectivity index (χ3n) is 4.53. The van der Waals surface area contributed by atoms with Crippen molar-refractivity contribution in [2.45, 2.75) is 12.6 Å². The quantitative estimate of drug-likeness (QED) is 0.696. The zero-order valence-corrected chi connectivity index (χ0v) is 16.0. The second-order valence-electron chi connectivity index (χ2n) is 6.33. The van der Waals surface area contributed by atoms with Gasteiger partial charge in [-0.3, -0.25) is 4.68 Å². The van der Waals surface area contributed by atoms with Gasteiger partial charge in [0, 0.05) is 18.9 Å². The number of nitrogens with one attached hydrogen (secondary N) is 1. The lowest BCUT2D eigenvalue weighted by molar-refractivity contribution is -0.137. The molecule has 0 bridgehead atoms. The molecule has 0 aliphatic heterocycles. The van der Waals surface area contributed by atoms with E-state index in [1.807, 2.05) is 6.07 Å². The summed E-state index contributed by atoms with van der Waals surface area (Å²) in [7, 11) is -0.612. The van der Waals surface area contributed by atoms with Gasteiger partial charge in [-0.15, -0.1) is 0 Å². The van der Waals surface area contributed by atoms with Crippen LogP contribution in [0.15, 0.2) is 54.1 Å². The van der Waals surface area contributed by atoms with Crippen LogP contribution in [0.25, 0.3) is 22.0 Å². The first kappa shape index (κ1) is 20.1.